The normalized spacial score (nSPS) is 21.1. The van der Waals surface area contributed by atoms with Crippen LogP contribution in [0.1, 0.15) is 125 Å². The Morgan fingerprint density at radius 2 is 1.08 bits per heavy atom. The molecule has 4 aliphatic carbocycles. The number of hydrogen-bond donors (Lipinski definition) is 5. The van der Waals surface area contributed by atoms with Crippen molar-refractivity contribution in [2.45, 2.75) is 125 Å². The fraction of sp³-hybridized carbons (Fsp3) is 0.700. The van der Waals surface area contributed by atoms with E-state index in [2.05, 4.69) is 35.9 Å². The van der Waals surface area contributed by atoms with Crippen LogP contribution in [0.25, 0.3) is 5.70 Å². The molecule has 5 fully saturated rings. The van der Waals surface area contributed by atoms with Gasteiger partial charge in [-0.1, -0.05) is 61.5 Å². The number of anilines is 1. The largest absolute Gasteiger partial charge is 0.496 e. The molecule has 0 aromatic heterocycles. The Labute approximate surface area is 553 Å². The summed E-state index contributed by atoms with van der Waals surface area (Å²) in [7, 11) is 3.14. The van der Waals surface area contributed by atoms with Gasteiger partial charge < -0.3 is 53.8 Å². The summed E-state index contributed by atoms with van der Waals surface area (Å²) in [6.07, 6.45) is 6.10. The van der Waals surface area contributed by atoms with Crippen molar-refractivity contribution in [3.05, 3.63) is 53.6 Å². The van der Waals surface area contributed by atoms with Crippen molar-refractivity contribution >= 4 is 58.5 Å². The van der Waals surface area contributed by atoms with Crippen molar-refractivity contribution in [2.75, 3.05) is 157 Å². The minimum absolute atomic E-state index is 0.0582. The number of quaternary nitrogens is 1. The number of esters is 4. The number of nitrogens with two attached hydrogens (primary N) is 1. The lowest BCUT2D eigenvalue weighted by molar-refractivity contribution is -0.469. The van der Waals surface area contributed by atoms with Crippen LogP contribution < -0.4 is 30.7 Å². The highest BCUT2D eigenvalue weighted by Gasteiger charge is 2.63. The Hall–Kier alpha value is -6.21. The summed E-state index contributed by atoms with van der Waals surface area (Å²) >= 11 is 0. The van der Waals surface area contributed by atoms with Crippen molar-refractivity contribution in [1.82, 2.24) is 30.2 Å². The molecule has 2 amide bonds. The lowest BCUT2D eigenvalue weighted by Crippen LogP contribution is -2.75. The van der Waals surface area contributed by atoms with Gasteiger partial charge in [-0.25, -0.2) is 4.79 Å². The van der Waals surface area contributed by atoms with Gasteiger partial charge in [0, 0.05) is 88.8 Å². The fourth-order valence-corrected chi connectivity index (χ4v) is 12.9. The second-order valence-corrected chi connectivity index (χ2v) is 28.2. The Morgan fingerprint density at radius 3 is 1.51 bits per heavy atom. The summed E-state index contributed by atoms with van der Waals surface area (Å²) in [4.78, 5) is 89.4. The molecule has 93 heavy (non-hydrogen) atoms. The van der Waals surface area contributed by atoms with Crippen molar-refractivity contribution < 1.29 is 72.0 Å². The van der Waals surface area contributed by atoms with Crippen LogP contribution in [0, 0.1) is 46.8 Å². The van der Waals surface area contributed by atoms with Gasteiger partial charge in [-0.2, -0.15) is 0 Å². The van der Waals surface area contributed by atoms with Crippen molar-refractivity contribution in [1.29, 1.82) is 5.41 Å². The molecule has 4 bridgehead atoms. The molecule has 5 aliphatic rings. The van der Waals surface area contributed by atoms with Gasteiger partial charge in [0.05, 0.1) is 86.6 Å². The number of nitrogens with one attached hydrogen (secondary N) is 4. The van der Waals surface area contributed by atoms with Crippen molar-refractivity contribution in [2.24, 2.45) is 41.4 Å². The van der Waals surface area contributed by atoms with Crippen LogP contribution >= 0.6 is 0 Å². The summed E-state index contributed by atoms with van der Waals surface area (Å²) in [5.41, 5.74) is 1.59. The quantitative estimate of drug-likeness (QED) is 0.0174. The molecule has 4 saturated carbocycles. The first kappa shape index (κ1) is 75.8. The van der Waals surface area contributed by atoms with E-state index < -0.39 is 23.0 Å². The molecule has 1 aliphatic heterocycles. The van der Waals surface area contributed by atoms with E-state index in [1.54, 1.807) is 14.2 Å². The molecule has 0 spiro atoms. The third-order valence-electron chi connectivity index (χ3n) is 17.4. The third kappa shape index (κ3) is 24.5. The third-order valence-corrected chi connectivity index (χ3v) is 17.4. The first-order chi connectivity index (χ1) is 44.2. The number of carbonyl (C=O) groups excluding carboxylic acids is 6. The lowest BCUT2D eigenvalue weighted by Gasteiger charge is -2.59. The zero-order valence-corrected chi connectivity index (χ0v) is 58.1. The molecule has 7 rings (SSSR count). The minimum Gasteiger partial charge on any atom is -0.496 e. The molecule has 0 radical (unpaired) electrons. The van der Waals surface area contributed by atoms with Crippen molar-refractivity contribution in [3.8, 4) is 11.5 Å². The van der Waals surface area contributed by atoms with Gasteiger partial charge in [0.1, 0.15) is 39.6 Å². The van der Waals surface area contributed by atoms with Gasteiger partial charge in [-0.15, -0.1) is 0 Å². The fourth-order valence-electron chi connectivity index (χ4n) is 12.9. The van der Waals surface area contributed by atoms with Crippen LogP contribution in [-0.4, -0.2) is 224 Å². The van der Waals surface area contributed by atoms with Crippen LogP contribution in [0.2, 0.25) is 0 Å². The van der Waals surface area contributed by atoms with Gasteiger partial charge in [-0.3, -0.25) is 54.3 Å². The predicted octanol–water partition coefficient (Wildman–Crippen LogP) is 6.12. The SMILES string of the molecule is COc1cccc(OC)c1/C(=C/C(=N)C(=O)NC1(C(=O)OC(C)(C)C)C2CC3CC(C2)CC1C3)[NH2+]c1ccc(NCCOCCOCCNC(=O)CN2CCN(CC(=O)OCC(C)C)CCN(CC(=O)OCC(C)C)CCN(CC(=O)OCC(C)C)CC2)cc1C(C)C. The van der Waals surface area contributed by atoms with E-state index in [4.69, 9.17) is 37.9 Å². The molecule has 1 saturated heterocycles. The molecule has 0 unspecified atom stereocenters. The first-order valence-electron chi connectivity index (χ1n) is 33.8. The van der Waals surface area contributed by atoms with Gasteiger partial charge in [0.25, 0.3) is 5.91 Å². The van der Waals surface area contributed by atoms with Crippen LogP contribution in [0.15, 0.2) is 42.5 Å². The van der Waals surface area contributed by atoms with E-state index in [1.807, 2.05) is 118 Å². The van der Waals surface area contributed by atoms with E-state index in [9.17, 15) is 34.2 Å². The Morgan fingerprint density at radius 1 is 0.624 bits per heavy atom. The van der Waals surface area contributed by atoms with Gasteiger partial charge in [-0.05, 0) is 124 Å². The maximum Gasteiger partial charge on any atom is 0.332 e. The van der Waals surface area contributed by atoms with Crippen LogP contribution in [-0.2, 0) is 57.2 Å². The smallest absolute Gasteiger partial charge is 0.332 e. The van der Waals surface area contributed by atoms with Crippen LogP contribution in [0.4, 0.5) is 11.4 Å². The highest BCUT2D eigenvalue weighted by molar-refractivity contribution is 6.43. The monoisotopic (exact) mass is 1300 g/mol. The molecule has 23 heteroatoms. The van der Waals surface area contributed by atoms with Crippen molar-refractivity contribution in [3.63, 3.8) is 0 Å². The lowest BCUT2D eigenvalue weighted by atomic mass is 9.48. The molecule has 2 aromatic carbocycles. The summed E-state index contributed by atoms with van der Waals surface area (Å²) < 4.78 is 46.3. The molecule has 1 heterocycles. The highest BCUT2D eigenvalue weighted by Crippen LogP contribution is 2.59. The molecule has 23 nitrogen and oxygen atoms in total. The Bertz CT molecular complexity index is 2710. The van der Waals surface area contributed by atoms with Gasteiger partial charge in [0.15, 0.2) is 5.70 Å². The van der Waals surface area contributed by atoms with E-state index >= 15 is 0 Å². The number of ether oxygens (including phenoxy) is 8. The maximum atomic E-state index is 14.5. The molecule has 6 N–H and O–H groups in total. The topological polar surface area (TPSA) is 266 Å². The number of nitrogens with zero attached hydrogens (tertiary/aromatic N) is 4. The standard InChI is InChI=1S/C70H111N9O14/c1-47(2)44-90-63(81)41-77-23-21-76(22-24-78(42-64(82)91-45-48(3)4)26-28-79(27-25-77)43-65(83)92-46-49(5)6)40-62(80)73-20-30-89-32-31-88-29-19-72-55-17-18-58(56(38-55)50(7)8)74-59(66-60(86-12)15-14-16-61(66)87-13)39-57(71)67(84)75-70(68(85)93-69(9,10)11)53-34-51-33-52(36-53)37-54(70)35-51/h14-18,38-39,47-54,71-72,74H,19-37,40-46H2,1-13H3,(H,73,80)(H,75,84)/p+1/b59-39-,71-57?. The number of benzene rings is 2. The number of amides is 2. The number of hydrogen-bond acceptors (Lipinski definition) is 20. The summed E-state index contributed by atoms with van der Waals surface area (Å²) in [6, 6.07) is 11.5. The summed E-state index contributed by atoms with van der Waals surface area (Å²) in [5.74, 6) is 0.327. The molecule has 520 valence electrons. The molecular weight excluding hydrogens is 1190 g/mol. The predicted molar refractivity (Wildman–Crippen MR) is 357 cm³/mol. The number of methoxy groups -OCH3 is 2. The minimum atomic E-state index is -1.21. The molecular formula is C70H112N9O14+. The second kappa shape index (κ2) is 37.2. The molecule has 2 aromatic rings. The van der Waals surface area contributed by atoms with Crippen LogP contribution in [0.5, 0.6) is 11.5 Å². The number of rotatable bonds is 34. The molecule has 0 atom stereocenters. The highest BCUT2D eigenvalue weighted by atomic mass is 16.6. The zero-order chi connectivity index (χ0) is 67.8. The van der Waals surface area contributed by atoms with E-state index in [-0.39, 0.29) is 104 Å². The van der Waals surface area contributed by atoms with E-state index in [0.29, 0.717) is 133 Å². The van der Waals surface area contributed by atoms with E-state index in [1.165, 1.54) is 12.5 Å². The van der Waals surface area contributed by atoms with Crippen LogP contribution in [0.3, 0.4) is 0 Å². The number of carbonyl (C=O) groups is 6. The van der Waals surface area contributed by atoms with E-state index in [0.717, 1.165) is 42.6 Å². The maximum absolute atomic E-state index is 14.5. The average molecular weight is 1300 g/mol. The first-order valence-corrected chi connectivity index (χ1v) is 33.8. The second-order valence-electron chi connectivity index (χ2n) is 28.2. The zero-order valence-electron chi connectivity index (χ0n) is 58.1. The van der Waals surface area contributed by atoms with Gasteiger partial charge in [0.2, 0.25) is 5.91 Å². The summed E-state index contributed by atoms with van der Waals surface area (Å²) in [5, 5.41) is 21.0. The summed E-state index contributed by atoms with van der Waals surface area (Å²) in [6.45, 7) is 28.7. The average Bonchev–Trinajstić information content (AvgIpc) is 0.718. The Kier molecular flexibility index (Phi) is 30.3. The van der Waals surface area contributed by atoms with Gasteiger partial charge >= 0.3 is 23.9 Å². The Balaban J connectivity index is 1.01.